The normalized spacial score (nSPS) is 10.8. The van der Waals surface area contributed by atoms with Gasteiger partial charge in [0.1, 0.15) is 11.4 Å². The number of hydrogen-bond acceptors (Lipinski definition) is 4. The van der Waals surface area contributed by atoms with Crippen LogP contribution in [0.2, 0.25) is 0 Å². The van der Waals surface area contributed by atoms with Crippen molar-refractivity contribution in [1.82, 2.24) is 5.16 Å². The van der Waals surface area contributed by atoms with Gasteiger partial charge in [-0.15, -0.1) is 0 Å². The van der Waals surface area contributed by atoms with Gasteiger partial charge in [-0.3, -0.25) is 0 Å². The van der Waals surface area contributed by atoms with E-state index in [-0.39, 0.29) is 6.61 Å². The van der Waals surface area contributed by atoms with Gasteiger partial charge in [0.2, 0.25) is 0 Å². The van der Waals surface area contributed by atoms with Crippen molar-refractivity contribution in [3.63, 3.8) is 0 Å². The monoisotopic (exact) mass is 255 g/mol. The highest BCUT2D eigenvalue weighted by Gasteiger charge is 2.13. The Labute approximate surface area is 110 Å². The molecule has 0 unspecified atom stereocenters. The van der Waals surface area contributed by atoms with Crippen LogP contribution in [0.25, 0.3) is 22.2 Å². The van der Waals surface area contributed by atoms with E-state index in [1.807, 2.05) is 36.4 Å². The summed E-state index contributed by atoms with van der Waals surface area (Å²) >= 11 is 0. The number of methoxy groups -OCH3 is 1. The van der Waals surface area contributed by atoms with Crippen molar-refractivity contribution >= 4 is 11.0 Å². The second-order valence-corrected chi connectivity index (χ2v) is 4.21. The first kappa shape index (κ1) is 11.7. The number of rotatable bonds is 3. The Morgan fingerprint density at radius 3 is 2.84 bits per heavy atom. The molecule has 0 saturated carbocycles. The van der Waals surface area contributed by atoms with Crippen molar-refractivity contribution in [2.45, 2.75) is 6.61 Å². The fourth-order valence-electron chi connectivity index (χ4n) is 2.14. The van der Waals surface area contributed by atoms with E-state index >= 15 is 0 Å². The number of aliphatic hydroxyl groups is 1. The summed E-state index contributed by atoms with van der Waals surface area (Å²) in [5.74, 6) is 0.709. The Morgan fingerprint density at radius 2 is 2.05 bits per heavy atom. The lowest BCUT2D eigenvalue weighted by Crippen LogP contribution is -1.92. The molecule has 1 heterocycles. The van der Waals surface area contributed by atoms with Gasteiger partial charge in [-0.25, -0.2) is 0 Å². The second-order valence-electron chi connectivity index (χ2n) is 4.21. The van der Waals surface area contributed by atoms with Gasteiger partial charge in [0.05, 0.1) is 13.7 Å². The number of para-hydroxylation sites is 1. The van der Waals surface area contributed by atoms with Gasteiger partial charge >= 0.3 is 0 Å². The SMILES string of the molecule is COc1ccc(-c2noc3ccccc23)c(CO)c1. The third-order valence-electron chi connectivity index (χ3n) is 3.12. The maximum absolute atomic E-state index is 9.50. The summed E-state index contributed by atoms with van der Waals surface area (Å²) in [5.41, 5.74) is 3.09. The highest BCUT2D eigenvalue weighted by molar-refractivity contribution is 5.92. The number of aromatic nitrogens is 1. The molecule has 96 valence electrons. The molecule has 19 heavy (non-hydrogen) atoms. The van der Waals surface area contributed by atoms with E-state index in [2.05, 4.69) is 5.16 Å². The number of ether oxygens (including phenoxy) is 1. The lowest BCUT2D eigenvalue weighted by molar-refractivity contribution is 0.281. The lowest BCUT2D eigenvalue weighted by atomic mass is 10.0. The fourth-order valence-corrected chi connectivity index (χ4v) is 2.14. The summed E-state index contributed by atoms with van der Waals surface area (Å²) < 4.78 is 10.5. The summed E-state index contributed by atoms with van der Waals surface area (Å²) in [6, 6.07) is 13.2. The lowest BCUT2D eigenvalue weighted by Gasteiger charge is -2.07. The van der Waals surface area contributed by atoms with Crippen LogP contribution < -0.4 is 4.74 Å². The summed E-state index contributed by atoms with van der Waals surface area (Å²) in [5, 5.41) is 14.5. The van der Waals surface area contributed by atoms with E-state index in [9.17, 15) is 5.11 Å². The average Bonchev–Trinajstić information content (AvgIpc) is 2.90. The first-order valence-corrected chi connectivity index (χ1v) is 5.96. The molecule has 0 saturated heterocycles. The summed E-state index contributed by atoms with van der Waals surface area (Å²) in [7, 11) is 1.60. The molecule has 2 aromatic carbocycles. The van der Waals surface area contributed by atoms with Gasteiger partial charge < -0.3 is 14.4 Å². The third kappa shape index (κ3) is 1.96. The zero-order chi connectivity index (χ0) is 13.2. The van der Waals surface area contributed by atoms with Gasteiger partial charge in [-0.05, 0) is 35.9 Å². The maximum atomic E-state index is 9.50. The Morgan fingerprint density at radius 1 is 1.21 bits per heavy atom. The Bertz CT molecular complexity index is 718. The highest BCUT2D eigenvalue weighted by Crippen LogP contribution is 2.32. The minimum Gasteiger partial charge on any atom is -0.497 e. The number of benzene rings is 2. The van der Waals surface area contributed by atoms with Crippen LogP contribution in [0.15, 0.2) is 47.0 Å². The van der Waals surface area contributed by atoms with Gasteiger partial charge in [0.15, 0.2) is 5.58 Å². The largest absolute Gasteiger partial charge is 0.497 e. The molecule has 0 atom stereocenters. The first-order chi connectivity index (χ1) is 9.33. The standard InChI is InChI=1S/C15H13NO3/c1-18-11-6-7-12(10(8-11)9-17)15-13-4-2-3-5-14(13)19-16-15/h2-8,17H,9H2,1H3. The third-order valence-corrected chi connectivity index (χ3v) is 3.12. The molecule has 3 rings (SSSR count). The predicted molar refractivity (Wildman–Crippen MR) is 71.9 cm³/mol. The van der Waals surface area contributed by atoms with E-state index < -0.39 is 0 Å². The molecule has 0 bridgehead atoms. The van der Waals surface area contributed by atoms with Crippen molar-refractivity contribution in [3.05, 3.63) is 48.0 Å². The smallest absolute Gasteiger partial charge is 0.167 e. The molecule has 1 N–H and O–H groups in total. The molecule has 0 aliphatic carbocycles. The van der Waals surface area contributed by atoms with Crippen molar-refractivity contribution in [2.75, 3.05) is 7.11 Å². The quantitative estimate of drug-likeness (QED) is 0.781. The average molecular weight is 255 g/mol. The van der Waals surface area contributed by atoms with Gasteiger partial charge in [-0.1, -0.05) is 17.3 Å². The molecule has 0 aliphatic rings. The second kappa shape index (κ2) is 4.74. The molecule has 0 amide bonds. The topological polar surface area (TPSA) is 55.5 Å². The number of aliphatic hydroxyl groups excluding tert-OH is 1. The molecule has 0 aliphatic heterocycles. The molecule has 1 aromatic heterocycles. The van der Waals surface area contributed by atoms with E-state index in [0.717, 1.165) is 27.8 Å². The molecular formula is C15H13NO3. The van der Waals surface area contributed by atoms with Crippen LogP contribution >= 0.6 is 0 Å². The van der Waals surface area contributed by atoms with Gasteiger partial charge in [-0.2, -0.15) is 0 Å². The molecule has 0 radical (unpaired) electrons. The predicted octanol–water partition coefficient (Wildman–Crippen LogP) is 3.00. The summed E-state index contributed by atoms with van der Waals surface area (Å²) in [4.78, 5) is 0. The molecule has 4 heteroatoms. The zero-order valence-corrected chi connectivity index (χ0v) is 10.5. The van der Waals surface area contributed by atoms with Gasteiger partial charge in [0, 0.05) is 10.9 Å². The molecule has 3 aromatic rings. The van der Waals surface area contributed by atoms with Crippen LogP contribution in [0, 0.1) is 0 Å². The fraction of sp³-hybridized carbons (Fsp3) is 0.133. The van der Waals surface area contributed by atoms with Crippen molar-refractivity contribution in [2.24, 2.45) is 0 Å². The zero-order valence-electron chi connectivity index (χ0n) is 10.5. The first-order valence-electron chi connectivity index (χ1n) is 5.96. The number of nitrogens with zero attached hydrogens (tertiary/aromatic N) is 1. The molecule has 4 nitrogen and oxygen atoms in total. The van der Waals surface area contributed by atoms with Crippen molar-refractivity contribution in [1.29, 1.82) is 0 Å². The van der Waals surface area contributed by atoms with Crippen molar-refractivity contribution in [3.8, 4) is 17.0 Å². The Kier molecular flexibility index (Phi) is 2.93. The van der Waals surface area contributed by atoms with E-state index in [1.54, 1.807) is 13.2 Å². The van der Waals surface area contributed by atoms with Crippen LogP contribution in [0.3, 0.4) is 0 Å². The molecule has 0 fully saturated rings. The Hall–Kier alpha value is -2.33. The van der Waals surface area contributed by atoms with E-state index in [4.69, 9.17) is 9.26 Å². The van der Waals surface area contributed by atoms with Crippen LogP contribution in [0.1, 0.15) is 5.56 Å². The number of hydrogen-bond donors (Lipinski definition) is 1. The Balaban J connectivity index is 2.21. The van der Waals surface area contributed by atoms with Crippen LogP contribution in [0.4, 0.5) is 0 Å². The molecular weight excluding hydrogens is 242 g/mol. The van der Waals surface area contributed by atoms with Crippen LogP contribution in [0.5, 0.6) is 5.75 Å². The minimum atomic E-state index is -0.0757. The van der Waals surface area contributed by atoms with Crippen LogP contribution in [-0.4, -0.2) is 17.4 Å². The maximum Gasteiger partial charge on any atom is 0.167 e. The van der Waals surface area contributed by atoms with Crippen LogP contribution in [-0.2, 0) is 6.61 Å². The van der Waals surface area contributed by atoms with Crippen molar-refractivity contribution < 1.29 is 14.4 Å². The molecule has 0 spiro atoms. The summed E-state index contributed by atoms with van der Waals surface area (Å²) in [6.45, 7) is -0.0757. The van der Waals surface area contributed by atoms with E-state index in [0.29, 0.717) is 5.75 Å². The van der Waals surface area contributed by atoms with Gasteiger partial charge in [0.25, 0.3) is 0 Å². The number of fused-ring (bicyclic) bond motifs is 1. The minimum absolute atomic E-state index is 0.0757. The highest BCUT2D eigenvalue weighted by atomic mass is 16.5. The summed E-state index contributed by atoms with van der Waals surface area (Å²) in [6.07, 6.45) is 0. The van der Waals surface area contributed by atoms with E-state index in [1.165, 1.54) is 0 Å².